The quantitative estimate of drug-likeness (QED) is 0.665. The van der Waals surface area contributed by atoms with Gasteiger partial charge in [0, 0.05) is 47.7 Å². The normalized spacial score (nSPS) is 14.5. The van der Waals surface area contributed by atoms with Crippen molar-refractivity contribution in [1.29, 1.82) is 0 Å². The van der Waals surface area contributed by atoms with Gasteiger partial charge >= 0.3 is 0 Å². The van der Waals surface area contributed by atoms with Gasteiger partial charge in [0.1, 0.15) is 5.69 Å². The number of aryl methyl sites for hydroxylation is 1. The van der Waals surface area contributed by atoms with Crippen molar-refractivity contribution < 1.29 is 9.59 Å². The van der Waals surface area contributed by atoms with Gasteiger partial charge in [-0.1, -0.05) is 17.7 Å². The number of aromatic amines is 1. The highest BCUT2D eigenvalue weighted by atomic mass is 35.5. The second-order valence-corrected chi connectivity index (χ2v) is 7.85. The molecule has 0 atom stereocenters. The Bertz CT molecular complexity index is 1060. The van der Waals surface area contributed by atoms with E-state index in [4.69, 9.17) is 11.6 Å². The first kappa shape index (κ1) is 20.1. The first-order valence-electron chi connectivity index (χ1n) is 9.83. The van der Waals surface area contributed by atoms with Crippen LogP contribution in [-0.2, 0) is 4.79 Å². The van der Waals surface area contributed by atoms with E-state index < -0.39 is 0 Å². The van der Waals surface area contributed by atoms with Crippen LogP contribution in [0.25, 0.3) is 11.3 Å². The molecule has 7 nitrogen and oxygen atoms in total. The molecular formula is C22H22ClN5O2. The minimum absolute atomic E-state index is 0.0334. The summed E-state index contributed by atoms with van der Waals surface area (Å²) in [4.78, 5) is 31.2. The number of aromatic nitrogens is 3. The summed E-state index contributed by atoms with van der Waals surface area (Å²) in [6.07, 6.45) is 4.60. The van der Waals surface area contributed by atoms with Crippen molar-refractivity contribution in [2.24, 2.45) is 5.92 Å². The van der Waals surface area contributed by atoms with E-state index in [0.29, 0.717) is 42.3 Å². The molecule has 2 N–H and O–H groups in total. The highest BCUT2D eigenvalue weighted by Gasteiger charge is 2.29. The van der Waals surface area contributed by atoms with Crippen LogP contribution in [0, 0.1) is 12.8 Å². The number of hydrogen-bond donors (Lipinski definition) is 2. The molecule has 8 heteroatoms. The van der Waals surface area contributed by atoms with Crippen molar-refractivity contribution in [3.05, 3.63) is 65.1 Å². The van der Waals surface area contributed by atoms with E-state index >= 15 is 0 Å². The van der Waals surface area contributed by atoms with Gasteiger partial charge in [-0.05, 0) is 55.7 Å². The Kier molecular flexibility index (Phi) is 5.81. The second-order valence-electron chi connectivity index (χ2n) is 7.42. The highest BCUT2D eigenvalue weighted by molar-refractivity contribution is 6.31. The first-order chi connectivity index (χ1) is 14.5. The van der Waals surface area contributed by atoms with Crippen LogP contribution < -0.4 is 5.32 Å². The van der Waals surface area contributed by atoms with Crippen LogP contribution in [0.15, 0.2) is 48.8 Å². The van der Waals surface area contributed by atoms with E-state index in [9.17, 15) is 9.59 Å². The van der Waals surface area contributed by atoms with Crippen molar-refractivity contribution in [3.8, 4) is 11.3 Å². The Balaban J connectivity index is 1.35. The summed E-state index contributed by atoms with van der Waals surface area (Å²) in [5, 5.41) is 10.6. The number of H-pyrrole nitrogens is 1. The van der Waals surface area contributed by atoms with E-state index in [-0.39, 0.29) is 17.7 Å². The topological polar surface area (TPSA) is 91.0 Å². The monoisotopic (exact) mass is 423 g/mol. The minimum atomic E-state index is -0.137. The van der Waals surface area contributed by atoms with E-state index in [1.54, 1.807) is 35.5 Å². The zero-order chi connectivity index (χ0) is 21.1. The third-order valence-electron chi connectivity index (χ3n) is 5.39. The SMILES string of the molecule is Cc1ccc(Cl)cc1NC(=O)C1CCN(C(=O)c2cc(-c3ccncc3)n[nH]2)CC1. The van der Waals surface area contributed by atoms with Gasteiger partial charge in [-0.25, -0.2) is 0 Å². The lowest BCUT2D eigenvalue weighted by molar-refractivity contribution is -0.121. The van der Waals surface area contributed by atoms with Crippen molar-refractivity contribution in [1.82, 2.24) is 20.1 Å². The predicted molar refractivity (Wildman–Crippen MR) is 115 cm³/mol. The van der Waals surface area contributed by atoms with E-state index in [0.717, 1.165) is 16.8 Å². The van der Waals surface area contributed by atoms with Crippen LogP contribution in [-0.4, -0.2) is 45.0 Å². The largest absolute Gasteiger partial charge is 0.337 e. The number of anilines is 1. The van der Waals surface area contributed by atoms with E-state index in [2.05, 4.69) is 20.5 Å². The number of hydrogen-bond acceptors (Lipinski definition) is 4. The van der Waals surface area contributed by atoms with Crippen LogP contribution in [0.1, 0.15) is 28.9 Å². The van der Waals surface area contributed by atoms with Gasteiger partial charge in [0.05, 0.1) is 5.69 Å². The molecule has 0 spiro atoms. The summed E-state index contributed by atoms with van der Waals surface area (Å²) in [5.74, 6) is -0.275. The molecule has 0 bridgehead atoms. The lowest BCUT2D eigenvalue weighted by atomic mass is 9.95. The number of nitrogens with one attached hydrogen (secondary N) is 2. The summed E-state index contributed by atoms with van der Waals surface area (Å²) in [6, 6.07) is 10.9. The third-order valence-corrected chi connectivity index (χ3v) is 5.63. The Hall–Kier alpha value is -3.19. The standard InChI is InChI=1S/C22H22ClN5O2/c1-14-2-3-17(23)12-18(14)25-21(29)16-6-10-28(11-7-16)22(30)20-13-19(26-27-20)15-4-8-24-9-5-15/h2-5,8-9,12-13,16H,6-7,10-11H2,1H3,(H,25,29)(H,26,27). The van der Waals surface area contributed by atoms with Gasteiger partial charge in [-0.3, -0.25) is 19.7 Å². The molecule has 3 aromatic rings. The number of carbonyl (C=O) groups excluding carboxylic acids is 2. The van der Waals surface area contributed by atoms with Crippen LogP contribution in [0.5, 0.6) is 0 Å². The van der Waals surface area contributed by atoms with Gasteiger partial charge in [0.2, 0.25) is 5.91 Å². The molecule has 0 aliphatic carbocycles. The molecule has 0 saturated carbocycles. The van der Waals surface area contributed by atoms with Crippen molar-refractivity contribution in [3.63, 3.8) is 0 Å². The van der Waals surface area contributed by atoms with Gasteiger partial charge in [0.15, 0.2) is 0 Å². The van der Waals surface area contributed by atoms with Gasteiger partial charge in [-0.2, -0.15) is 5.10 Å². The number of benzene rings is 1. The molecule has 4 rings (SSSR count). The van der Waals surface area contributed by atoms with Gasteiger partial charge in [-0.15, -0.1) is 0 Å². The molecule has 1 aliphatic rings. The molecule has 0 radical (unpaired) electrons. The fourth-order valence-corrected chi connectivity index (χ4v) is 3.75. The van der Waals surface area contributed by atoms with Gasteiger partial charge in [0.25, 0.3) is 5.91 Å². The van der Waals surface area contributed by atoms with Crippen LogP contribution in [0.3, 0.4) is 0 Å². The smallest absolute Gasteiger partial charge is 0.271 e. The third kappa shape index (κ3) is 4.36. The maximum Gasteiger partial charge on any atom is 0.271 e. The number of piperidine rings is 1. The zero-order valence-electron chi connectivity index (χ0n) is 16.6. The van der Waals surface area contributed by atoms with Crippen LogP contribution >= 0.6 is 11.6 Å². The van der Waals surface area contributed by atoms with Crippen molar-refractivity contribution in [2.45, 2.75) is 19.8 Å². The van der Waals surface area contributed by atoms with Crippen LogP contribution in [0.2, 0.25) is 5.02 Å². The van der Waals surface area contributed by atoms with E-state index in [1.807, 2.05) is 25.1 Å². The van der Waals surface area contributed by atoms with Crippen LogP contribution in [0.4, 0.5) is 5.69 Å². The fourth-order valence-electron chi connectivity index (χ4n) is 3.58. The molecule has 154 valence electrons. The van der Waals surface area contributed by atoms with E-state index in [1.165, 1.54) is 0 Å². The average molecular weight is 424 g/mol. The molecule has 1 saturated heterocycles. The highest BCUT2D eigenvalue weighted by Crippen LogP contribution is 2.25. The average Bonchev–Trinajstić information content (AvgIpc) is 3.27. The number of halogens is 1. The number of rotatable bonds is 4. The molecule has 3 heterocycles. The maximum absolute atomic E-state index is 12.8. The Labute approximate surface area is 179 Å². The second kappa shape index (κ2) is 8.67. The number of amides is 2. The molecule has 1 fully saturated rings. The zero-order valence-corrected chi connectivity index (χ0v) is 17.3. The summed E-state index contributed by atoms with van der Waals surface area (Å²) in [6.45, 7) is 2.97. The maximum atomic E-state index is 12.8. The molecular weight excluding hydrogens is 402 g/mol. The van der Waals surface area contributed by atoms with Gasteiger partial charge < -0.3 is 10.2 Å². The molecule has 2 amide bonds. The summed E-state index contributed by atoms with van der Waals surface area (Å²) in [7, 11) is 0. The molecule has 0 unspecified atom stereocenters. The summed E-state index contributed by atoms with van der Waals surface area (Å²) >= 11 is 6.03. The lowest BCUT2D eigenvalue weighted by Crippen LogP contribution is -2.41. The molecule has 1 aromatic carbocycles. The van der Waals surface area contributed by atoms with Crippen molar-refractivity contribution >= 4 is 29.1 Å². The number of likely N-dealkylation sites (tertiary alicyclic amines) is 1. The molecule has 1 aliphatic heterocycles. The number of carbonyl (C=O) groups is 2. The lowest BCUT2D eigenvalue weighted by Gasteiger charge is -2.31. The van der Waals surface area contributed by atoms with Crippen molar-refractivity contribution in [2.75, 3.05) is 18.4 Å². The molecule has 2 aromatic heterocycles. The Morgan fingerprint density at radius 2 is 1.87 bits per heavy atom. The minimum Gasteiger partial charge on any atom is -0.337 e. The summed E-state index contributed by atoms with van der Waals surface area (Å²) in [5.41, 5.74) is 3.73. The molecule has 30 heavy (non-hydrogen) atoms. The summed E-state index contributed by atoms with van der Waals surface area (Å²) < 4.78 is 0. The Morgan fingerprint density at radius 3 is 2.60 bits per heavy atom. The number of nitrogens with zero attached hydrogens (tertiary/aromatic N) is 3. The Morgan fingerprint density at radius 1 is 1.13 bits per heavy atom. The first-order valence-corrected chi connectivity index (χ1v) is 10.2. The number of pyridine rings is 1. The fraction of sp³-hybridized carbons (Fsp3) is 0.273. The predicted octanol–water partition coefficient (Wildman–Crippen LogP) is 3.92.